The monoisotopic (exact) mass is 658 g/mol. The molecule has 45 heavy (non-hydrogen) atoms. The topological polar surface area (TPSA) is 219 Å². The van der Waals surface area contributed by atoms with E-state index >= 15 is 0 Å². The molecule has 19 heteroatoms. The highest BCUT2D eigenvalue weighted by Gasteiger charge is 2.22. The van der Waals surface area contributed by atoms with E-state index in [0.717, 1.165) is 0 Å². The van der Waals surface area contributed by atoms with Crippen molar-refractivity contribution in [3.8, 4) is 0 Å². The molecule has 1 aromatic heterocycles. The summed E-state index contributed by atoms with van der Waals surface area (Å²) in [6.07, 6.45) is -0.182. The van der Waals surface area contributed by atoms with Crippen molar-refractivity contribution in [3.05, 3.63) is 35.4 Å². The summed E-state index contributed by atoms with van der Waals surface area (Å²) in [7, 11) is 2.75. The maximum Gasteiger partial charge on any atom is 0.349 e. The van der Waals surface area contributed by atoms with Gasteiger partial charge in [0.2, 0.25) is 17.8 Å². The van der Waals surface area contributed by atoms with Gasteiger partial charge in [-0.05, 0) is 26.2 Å². The molecular weight excluding hydrogens is 615 g/mol. The molecule has 2 aromatic rings. The molecule has 18 nitrogen and oxygen atoms in total. The standard InChI is InChI=1S/C26H43N8O10P/c1-33(9-11-35)17-27-24-30-25(32-26(31-24)29-19-45(39,40-3)41-4)28-18-34(2)10-13-43-22(37)20-7-5-6-8-21(20)23(38)44-16-15-42-14-12-36/h5-8,35-36H,9-19H2,1-4H3,(H3,27,28,29,30,31,32). The van der Waals surface area contributed by atoms with E-state index in [1.54, 1.807) is 26.2 Å². The Kier molecular flexibility index (Phi) is 17.2. The second kappa shape index (κ2) is 20.5. The highest BCUT2D eigenvalue weighted by Crippen LogP contribution is 2.45. The number of nitrogens with zero attached hydrogens (tertiary/aromatic N) is 5. The third-order valence-electron chi connectivity index (χ3n) is 5.89. The molecule has 1 heterocycles. The Morgan fingerprint density at radius 2 is 1.27 bits per heavy atom. The first-order chi connectivity index (χ1) is 21.6. The zero-order valence-electron chi connectivity index (χ0n) is 25.9. The van der Waals surface area contributed by atoms with Gasteiger partial charge in [0.25, 0.3) is 0 Å². The second-order valence-corrected chi connectivity index (χ2v) is 11.6. The minimum Gasteiger partial charge on any atom is -0.461 e. The van der Waals surface area contributed by atoms with E-state index in [2.05, 4.69) is 30.9 Å². The number of carbonyl (C=O) groups is 2. The number of aromatic nitrogens is 3. The first-order valence-electron chi connectivity index (χ1n) is 13.9. The van der Waals surface area contributed by atoms with Crippen LogP contribution < -0.4 is 16.0 Å². The van der Waals surface area contributed by atoms with E-state index < -0.39 is 19.5 Å². The number of aliphatic hydroxyl groups is 2. The number of hydrogen-bond donors (Lipinski definition) is 5. The lowest BCUT2D eigenvalue weighted by molar-refractivity contribution is 0.0251. The molecule has 0 fully saturated rings. The summed E-state index contributed by atoms with van der Waals surface area (Å²) < 4.78 is 37.9. The molecule has 5 N–H and O–H groups in total. The Hall–Kier alpha value is -3.48. The number of nitrogens with one attached hydrogen (secondary N) is 3. The molecule has 0 spiro atoms. The molecular formula is C26H43N8O10P. The lowest BCUT2D eigenvalue weighted by atomic mass is 10.1. The normalized spacial score (nSPS) is 11.5. The van der Waals surface area contributed by atoms with E-state index in [1.165, 1.54) is 26.4 Å². The number of rotatable bonds is 23. The zero-order chi connectivity index (χ0) is 33.1. The third-order valence-corrected chi connectivity index (χ3v) is 7.55. The molecule has 0 bridgehead atoms. The van der Waals surface area contributed by atoms with Crippen LogP contribution in [-0.2, 0) is 27.8 Å². The van der Waals surface area contributed by atoms with Gasteiger partial charge in [-0.3, -0.25) is 14.4 Å². The fraction of sp³-hybridized carbons (Fsp3) is 0.577. The van der Waals surface area contributed by atoms with Crippen LogP contribution in [0.4, 0.5) is 17.8 Å². The number of esters is 2. The van der Waals surface area contributed by atoms with Crippen LogP contribution in [0.1, 0.15) is 20.7 Å². The minimum atomic E-state index is -3.39. The number of benzene rings is 1. The highest BCUT2D eigenvalue weighted by molar-refractivity contribution is 7.53. The maximum absolute atomic E-state index is 12.7. The summed E-state index contributed by atoms with van der Waals surface area (Å²) in [5, 5.41) is 26.8. The van der Waals surface area contributed by atoms with Crippen molar-refractivity contribution in [1.29, 1.82) is 0 Å². The number of aliphatic hydroxyl groups excluding tert-OH is 2. The van der Waals surface area contributed by atoms with Gasteiger partial charge in [-0.25, -0.2) is 9.59 Å². The molecule has 0 saturated heterocycles. The number of hydrogen-bond acceptors (Lipinski definition) is 18. The van der Waals surface area contributed by atoms with E-state index in [9.17, 15) is 14.2 Å². The summed E-state index contributed by atoms with van der Waals surface area (Å²) in [6, 6.07) is 6.17. The van der Waals surface area contributed by atoms with Gasteiger partial charge in [0, 0.05) is 27.3 Å². The van der Waals surface area contributed by atoms with Gasteiger partial charge in [-0.15, -0.1) is 0 Å². The molecule has 0 aliphatic carbocycles. The number of anilines is 3. The Bertz CT molecular complexity index is 1240. The van der Waals surface area contributed by atoms with E-state index in [-0.39, 0.29) is 81.6 Å². The van der Waals surface area contributed by atoms with Gasteiger partial charge in [-0.1, -0.05) is 12.1 Å². The van der Waals surface area contributed by atoms with Crippen molar-refractivity contribution in [2.75, 3.05) is 117 Å². The van der Waals surface area contributed by atoms with Gasteiger partial charge < -0.3 is 49.4 Å². The van der Waals surface area contributed by atoms with Gasteiger partial charge in [0.05, 0.1) is 50.9 Å². The van der Waals surface area contributed by atoms with Crippen LogP contribution in [0.2, 0.25) is 0 Å². The largest absolute Gasteiger partial charge is 0.461 e. The van der Waals surface area contributed by atoms with Crippen molar-refractivity contribution in [2.24, 2.45) is 0 Å². The van der Waals surface area contributed by atoms with Crippen molar-refractivity contribution in [3.63, 3.8) is 0 Å². The predicted molar refractivity (Wildman–Crippen MR) is 164 cm³/mol. The predicted octanol–water partition coefficient (Wildman–Crippen LogP) is 0.344. The van der Waals surface area contributed by atoms with Gasteiger partial charge in [0.1, 0.15) is 19.5 Å². The fourth-order valence-electron chi connectivity index (χ4n) is 3.37. The van der Waals surface area contributed by atoms with Crippen molar-refractivity contribution in [2.45, 2.75) is 0 Å². The van der Waals surface area contributed by atoms with Crippen LogP contribution in [0, 0.1) is 0 Å². The van der Waals surface area contributed by atoms with Crippen LogP contribution in [0.25, 0.3) is 0 Å². The smallest absolute Gasteiger partial charge is 0.349 e. The Balaban J connectivity index is 1.94. The van der Waals surface area contributed by atoms with Crippen LogP contribution in [-0.4, -0.2) is 148 Å². The van der Waals surface area contributed by atoms with Crippen molar-refractivity contribution < 1.29 is 47.6 Å². The molecule has 2 rings (SSSR count). The first kappa shape index (κ1) is 37.7. The lowest BCUT2D eigenvalue weighted by Crippen LogP contribution is -2.31. The number of likely N-dealkylation sites (N-methyl/N-ethyl adjacent to an activating group) is 2. The minimum absolute atomic E-state index is 0.0123. The van der Waals surface area contributed by atoms with Crippen LogP contribution in [0.3, 0.4) is 0 Å². The first-order valence-corrected chi connectivity index (χ1v) is 15.7. The van der Waals surface area contributed by atoms with Crippen molar-refractivity contribution in [1.82, 2.24) is 24.8 Å². The Morgan fingerprint density at radius 1 is 0.756 bits per heavy atom. The molecule has 0 radical (unpaired) electrons. The molecule has 1 aromatic carbocycles. The van der Waals surface area contributed by atoms with E-state index in [0.29, 0.717) is 19.8 Å². The molecule has 0 amide bonds. The summed E-state index contributed by atoms with van der Waals surface area (Å²) in [5.74, 6) is -0.845. The summed E-state index contributed by atoms with van der Waals surface area (Å²) in [6.45, 7) is 1.44. The average molecular weight is 659 g/mol. The molecule has 0 aliphatic heterocycles. The van der Waals surface area contributed by atoms with E-state index in [4.69, 9.17) is 33.5 Å². The molecule has 252 valence electrons. The van der Waals surface area contributed by atoms with E-state index in [1.807, 2.05) is 9.80 Å². The molecule has 0 aliphatic rings. The van der Waals surface area contributed by atoms with Crippen LogP contribution in [0.5, 0.6) is 0 Å². The summed E-state index contributed by atoms with van der Waals surface area (Å²) in [5.41, 5.74) is 0.138. The fourth-order valence-corrected chi connectivity index (χ4v) is 4.12. The quantitative estimate of drug-likeness (QED) is 0.0470. The third kappa shape index (κ3) is 14.0. The second-order valence-electron chi connectivity index (χ2n) is 9.32. The maximum atomic E-state index is 12.7. The number of ether oxygens (including phenoxy) is 3. The van der Waals surface area contributed by atoms with Crippen LogP contribution >= 0.6 is 7.60 Å². The van der Waals surface area contributed by atoms with Gasteiger partial charge in [0.15, 0.2) is 0 Å². The summed E-state index contributed by atoms with van der Waals surface area (Å²) >= 11 is 0. The molecule has 0 atom stereocenters. The summed E-state index contributed by atoms with van der Waals surface area (Å²) in [4.78, 5) is 41.8. The highest BCUT2D eigenvalue weighted by atomic mass is 31.2. The van der Waals surface area contributed by atoms with Gasteiger partial charge >= 0.3 is 19.5 Å². The van der Waals surface area contributed by atoms with Crippen LogP contribution in [0.15, 0.2) is 24.3 Å². The Labute approximate surface area is 261 Å². The SMILES string of the molecule is COP(=O)(CNc1nc(NCN(C)CCO)nc(NCN(C)CCOC(=O)c2ccccc2C(=O)OCCOCCO)n1)OC. The van der Waals surface area contributed by atoms with Gasteiger partial charge in [-0.2, -0.15) is 15.0 Å². The zero-order valence-corrected chi connectivity index (χ0v) is 26.8. The van der Waals surface area contributed by atoms with Crippen molar-refractivity contribution >= 4 is 37.4 Å². The Morgan fingerprint density at radius 3 is 1.78 bits per heavy atom. The molecule has 0 unspecified atom stereocenters. The molecule has 0 saturated carbocycles. The lowest BCUT2D eigenvalue weighted by Gasteiger charge is -2.19. The average Bonchev–Trinajstić information content (AvgIpc) is 3.05. The number of carbonyl (C=O) groups excluding carboxylic acids is 2.